The van der Waals surface area contributed by atoms with Crippen LogP contribution in [0.4, 0.5) is 0 Å². The third kappa shape index (κ3) is 3.10. The third-order valence-corrected chi connectivity index (χ3v) is 8.54. The van der Waals surface area contributed by atoms with Crippen LogP contribution < -0.4 is 0 Å². The molecule has 3 saturated carbocycles. The molecule has 5 nitrogen and oxygen atoms in total. The fraction of sp³-hybridized carbons (Fsp3) is 0.909. The van der Waals surface area contributed by atoms with Crippen LogP contribution in [0.2, 0.25) is 0 Å². The molecule has 0 aromatic carbocycles. The first-order valence-corrected chi connectivity index (χ1v) is 10.7. The van der Waals surface area contributed by atoms with Crippen molar-refractivity contribution in [2.45, 2.75) is 97.6 Å². The van der Waals surface area contributed by atoms with Gasteiger partial charge in [0.2, 0.25) is 6.29 Å². The lowest BCUT2D eigenvalue weighted by Crippen LogP contribution is -2.57. The summed E-state index contributed by atoms with van der Waals surface area (Å²) < 4.78 is 17.3. The van der Waals surface area contributed by atoms with Gasteiger partial charge in [-0.2, -0.15) is 0 Å². The Bertz CT molecular complexity index is 618. The first kappa shape index (κ1) is 19.2. The molecular formula is C22H34O5. The number of carbonyl (C=O) groups excluding carboxylic acids is 2. The summed E-state index contributed by atoms with van der Waals surface area (Å²) in [5, 5.41) is 0. The van der Waals surface area contributed by atoms with Crippen LogP contribution in [0.5, 0.6) is 0 Å². The topological polar surface area (TPSA) is 61.8 Å². The minimum atomic E-state index is -0.370. The molecule has 1 saturated heterocycles. The number of esters is 2. The van der Waals surface area contributed by atoms with E-state index in [2.05, 4.69) is 13.8 Å². The molecular weight excluding hydrogens is 344 g/mol. The van der Waals surface area contributed by atoms with Crippen LogP contribution in [0.3, 0.4) is 0 Å². The molecule has 1 aliphatic heterocycles. The Kier molecular flexibility index (Phi) is 4.81. The van der Waals surface area contributed by atoms with Gasteiger partial charge >= 0.3 is 11.9 Å². The summed E-state index contributed by atoms with van der Waals surface area (Å²) in [6, 6.07) is 0. The lowest BCUT2D eigenvalue weighted by Gasteiger charge is -2.60. The minimum absolute atomic E-state index is 0.0856. The van der Waals surface area contributed by atoms with Gasteiger partial charge in [-0.25, -0.2) is 0 Å². The molecule has 8 atom stereocenters. The molecule has 0 aromatic heterocycles. The monoisotopic (exact) mass is 378 g/mol. The summed E-state index contributed by atoms with van der Waals surface area (Å²) in [7, 11) is 0. The summed E-state index contributed by atoms with van der Waals surface area (Å²) in [5.74, 6) is 1.60. The van der Waals surface area contributed by atoms with E-state index < -0.39 is 0 Å². The lowest BCUT2D eigenvalue weighted by atomic mass is 9.48. The zero-order valence-corrected chi connectivity index (χ0v) is 17.2. The van der Waals surface area contributed by atoms with Gasteiger partial charge in [0, 0.05) is 25.7 Å². The Morgan fingerprint density at radius 2 is 1.48 bits per heavy atom. The number of ether oxygens (including phenoxy) is 3. The Balaban J connectivity index is 1.51. The van der Waals surface area contributed by atoms with Crippen LogP contribution >= 0.6 is 0 Å². The van der Waals surface area contributed by atoms with Gasteiger partial charge in [0.1, 0.15) is 6.10 Å². The van der Waals surface area contributed by atoms with E-state index in [4.69, 9.17) is 14.2 Å². The second-order valence-electron chi connectivity index (χ2n) is 9.88. The highest BCUT2D eigenvalue weighted by Gasteiger charge is 2.61. The smallest absolute Gasteiger partial charge is 0.304 e. The maximum Gasteiger partial charge on any atom is 0.304 e. The van der Waals surface area contributed by atoms with Gasteiger partial charge in [-0.3, -0.25) is 9.59 Å². The van der Waals surface area contributed by atoms with Gasteiger partial charge in [0.25, 0.3) is 0 Å². The third-order valence-electron chi connectivity index (χ3n) is 8.54. The summed E-state index contributed by atoms with van der Waals surface area (Å²) in [6.07, 6.45) is 8.48. The van der Waals surface area contributed by atoms with Gasteiger partial charge in [-0.15, -0.1) is 0 Å². The van der Waals surface area contributed by atoms with Crippen molar-refractivity contribution in [2.24, 2.45) is 28.6 Å². The standard InChI is InChI=1S/C22H34O5/c1-13(23)25-18-8-6-16-15-5-7-19-22(4,17(15)9-11-21(16,18)3)12-10-20(27-19)26-14(2)24/h15-20H,5-12H2,1-4H3/t15-,16+,17-,18-,19-,20-,21+,22-/m1/s1. The van der Waals surface area contributed by atoms with Crippen LogP contribution in [0.15, 0.2) is 0 Å². The van der Waals surface area contributed by atoms with Crippen molar-refractivity contribution < 1.29 is 23.8 Å². The van der Waals surface area contributed by atoms with Gasteiger partial charge in [0.15, 0.2) is 0 Å². The Morgan fingerprint density at radius 3 is 2.19 bits per heavy atom. The molecule has 0 spiro atoms. The van der Waals surface area contributed by atoms with Crippen LogP contribution in [-0.4, -0.2) is 30.4 Å². The zero-order valence-electron chi connectivity index (χ0n) is 17.2. The number of rotatable bonds is 2. The predicted molar refractivity (Wildman–Crippen MR) is 99.6 cm³/mol. The van der Waals surface area contributed by atoms with Crippen molar-refractivity contribution >= 4 is 11.9 Å². The number of carbonyl (C=O) groups is 2. The summed E-state index contributed by atoms with van der Waals surface area (Å²) >= 11 is 0. The molecule has 4 rings (SSSR count). The SMILES string of the molecule is CC(=O)O[C@H]1CC[C@]2(C)[C@@H]3CC[C@]4(C)[C@H](OC(C)=O)CC[C@H]4[C@H]3CC[C@H]2O1. The largest absolute Gasteiger partial charge is 0.462 e. The molecule has 3 aliphatic carbocycles. The van der Waals surface area contributed by atoms with Gasteiger partial charge < -0.3 is 14.2 Å². The van der Waals surface area contributed by atoms with Crippen molar-refractivity contribution in [1.29, 1.82) is 0 Å². The second-order valence-corrected chi connectivity index (χ2v) is 9.88. The molecule has 0 unspecified atom stereocenters. The molecule has 1 heterocycles. The zero-order chi connectivity index (χ0) is 19.4. The predicted octanol–water partition coefficient (Wildman–Crippen LogP) is 4.23. The van der Waals surface area contributed by atoms with E-state index in [9.17, 15) is 9.59 Å². The highest BCUT2D eigenvalue weighted by Crippen LogP contribution is 2.65. The molecule has 0 aromatic rings. The fourth-order valence-electron chi connectivity index (χ4n) is 7.29. The first-order chi connectivity index (χ1) is 12.7. The van der Waals surface area contributed by atoms with E-state index in [1.54, 1.807) is 0 Å². The summed E-state index contributed by atoms with van der Waals surface area (Å²) in [6.45, 7) is 7.75. The van der Waals surface area contributed by atoms with Crippen molar-refractivity contribution in [3.63, 3.8) is 0 Å². The van der Waals surface area contributed by atoms with Crippen molar-refractivity contribution in [3.8, 4) is 0 Å². The van der Waals surface area contributed by atoms with E-state index in [1.807, 2.05) is 0 Å². The van der Waals surface area contributed by atoms with Crippen molar-refractivity contribution in [2.75, 3.05) is 0 Å². The Morgan fingerprint density at radius 1 is 0.815 bits per heavy atom. The van der Waals surface area contributed by atoms with E-state index in [1.165, 1.54) is 33.1 Å². The Hall–Kier alpha value is -1.10. The Labute approximate surface area is 162 Å². The highest BCUT2D eigenvalue weighted by atomic mass is 16.7. The van der Waals surface area contributed by atoms with Crippen molar-refractivity contribution in [1.82, 2.24) is 0 Å². The average molecular weight is 379 g/mol. The van der Waals surface area contributed by atoms with Crippen LogP contribution in [0, 0.1) is 28.6 Å². The number of hydrogen-bond donors (Lipinski definition) is 0. The molecule has 5 heteroatoms. The quantitative estimate of drug-likeness (QED) is 0.673. The molecule has 0 radical (unpaired) electrons. The number of hydrogen-bond acceptors (Lipinski definition) is 5. The lowest BCUT2D eigenvalue weighted by molar-refractivity contribution is -0.257. The van der Waals surface area contributed by atoms with Crippen LogP contribution in [-0.2, 0) is 23.8 Å². The normalized spacial score (nSPS) is 48.7. The van der Waals surface area contributed by atoms with E-state index in [-0.39, 0.29) is 41.3 Å². The van der Waals surface area contributed by atoms with E-state index in [0.29, 0.717) is 17.8 Å². The molecule has 0 amide bonds. The first-order valence-electron chi connectivity index (χ1n) is 10.7. The number of fused-ring (bicyclic) bond motifs is 5. The molecule has 0 bridgehead atoms. The van der Waals surface area contributed by atoms with Crippen LogP contribution in [0.25, 0.3) is 0 Å². The molecule has 0 N–H and O–H groups in total. The van der Waals surface area contributed by atoms with Gasteiger partial charge in [-0.1, -0.05) is 13.8 Å². The average Bonchev–Trinajstić information content (AvgIpc) is 2.91. The maximum absolute atomic E-state index is 11.6. The summed E-state index contributed by atoms with van der Waals surface area (Å²) in [5.41, 5.74) is 0.298. The fourth-order valence-corrected chi connectivity index (χ4v) is 7.29. The molecule has 27 heavy (non-hydrogen) atoms. The summed E-state index contributed by atoms with van der Waals surface area (Å²) in [4.78, 5) is 22.9. The van der Waals surface area contributed by atoms with E-state index >= 15 is 0 Å². The molecule has 4 fully saturated rings. The van der Waals surface area contributed by atoms with E-state index in [0.717, 1.165) is 32.1 Å². The van der Waals surface area contributed by atoms with Gasteiger partial charge in [0.05, 0.1) is 6.10 Å². The minimum Gasteiger partial charge on any atom is -0.462 e. The maximum atomic E-state index is 11.6. The molecule has 4 aliphatic rings. The highest BCUT2D eigenvalue weighted by molar-refractivity contribution is 5.66. The van der Waals surface area contributed by atoms with Crippen LogP contribution in [0.1, 0.15) is 79.1 Å². The second kappa shape index (κ2) is 6.75. The van der Waals surface area contributed by atoms with Crippen molar-refractivity contribution in [3.05, 3.63) is 0 Å². The van der Waals surface area contributed by atoms with Gasteiger partial charge in [-0.05, 0) is 68.1 Å². The molecule has 152 valence electrons.